The normalized spacial score (nSPS) is 10.2. The van der Waals surface area contributed by atoms with Gasteiger partial charge in [0, 0.05) is 10.2 Å². The van der Waals surface area contributed by atoms with Gasteiger partial charge >= 0.3 is 5.97 Å². The molecule has 0 aliphatic heterocycles. The molecule has 0 saturated carbocycles. The Labute approximate surface area is 155 Å². The second kappa shape index (κ2) is 9.22. The van der Waals surface area contributed by atoms with Crippen LogP contribution in [0.3, 0.4) is 0 Å². The number of aryl methyl sites for hydroxylation is 1. The fraction of sp³-hybridized carbons (Fsp3) is 0.263. The summed E-state index contributed by atoms with van der Waals surface area (Å²) in [6.07, 6.45) is 0.0727. The molecule has 0 aromatic heterocycles. The molecule has 0 fully saturated rings. The molecule has 0 spiro atoms. The molecule has 0 saturated heterocycles. The minimum atomic E-state index is -0.480. The number of amides is 1. The Morgan fingerprint density at radius 1 is 1.12 bits per heavy atom. The zero-order valence-corrected chi connectivity index (χ0v) is 15.8. The van der Waals surface area contributed by atoms with Crippen molar-refractivity contribution in [2.75, 3.05) is 18.5 Å². The van der Waals surface area contributed by atoms with E-state index in [1.165, 1.54) is 0 Å². The number of carbonyl (C=O) groups excluding carboxylic acids is 2. The number of halogens is 1. The first-order valence-corrected chi connectivity index (χ1v) is 8.65. The molecule has 25 heavy (non-hydrogen) atoms. The number of carbonyl (C=O) groups is 2. The third kappa shape index (κ3) is 6.23. The SMILES string of the molecule is Cc1cccc(NC(=O)COC(=O)CCOc2cccc(Br)c2)c1C. The summed E-state index contributed by atoms with van der Waals surface area (Å²) in [6, 6.07) is 13.0. The average molecular weight is 406 g/mol. The number of ether oxygens (including phenoxy) is 2. The molecule has 0 aliphatic carbocycles. The van der Waals surface area contributed by atoms with Gasteiger partial charge in [0.05, 0.1) is 13.0 Å². The van der Waals surface area contributed by atoms with E-state index in [0.717, 1.165) is 21.3 Å². The van der Waals surface area contributed by atoms with Crippen molar-refractivity contribution in [1.29, 1.82) is 0 Å². The highest BCUT2D eigenvalue weighted by Gasteiger charge is 2.10. The maximum Gasteiger partial charge on any atom is 0.309 e. The van der Waals surface area contributed by atoms with Crippen LogP contribution in [0.1, 0.15) is 17.5 Å². The fourth-order valence-electron chi connectivity index (χ4n) is 2.10. The standard InChI is InChI=1S/C19H20BrNO4/c1-13-5-3-8-17(14(13)2)21-18(22)12-25-19(23)9-10-24-16-7-4-6-15(20)11-16/h3-8,11H,9-10,12H2,1-2H3,(H,21,22). The summed E-state index contributed by atoms with van der Waals surface area (Å²) >= 11 is 3.34. The quantitative estimate of drug-likeness (QED) is 0.706. The molecular weight excluding hydrogens is 386 g/mol. The minimum Gasteiger partial charge on any atom is -0.493 e. The average Bonchev–Trinajstić information content (AvgIpc) is 2.57. The topological polar surface area (TPSA) is 64.6 Å². The van der Waals surface area contributed by atoms with Gasteiger partial charge in [-0.05, 0) is 49.2 Å². The highest BCUT2D eigenvalue weighted by atomic mass is 79.9. The summed E-state index contributed by atoms with van der Waals surface area (Å²) in [4.78, 5) is 23.6. The number of hydrogen-bond acceptors (Lipinski definition) is 4. The Morgan fingerprint density at radius 3 is 2.64 bits per heavy atom. The lowest BCUT2D eigenvalue weighted by Gasteiger charge is -2.11. The van der Waals surface area contributed by atoms with E-state index in [1.807, 2.05) is 50.2 Å². The molecule has 0 atom stereocenters. The molecule has 2 aromatic rings. The van der Waals surface area contributed by atoms with Gasteiger partial charge in [0.15, 0.2) is 6.61 Å². The van der Waals surface area contributed by atoms with E-state index < -0.39 is 5.97 Å². The van der Waals surface area contributed by atoms with Crippen molar-refractivity contribution in [1.82, 2.24) is 0 Å². The second-order valence-electron chi connectivity index (χ2n) is 5.51. The Morgan fingerprint density at radius 2 is 1.88 bits per heavy atom. The lowest BCUT2D eigenvalue weighted by molar-refractivity contribution is -0.147. The van der Waals surface area contributed by atoms with Crippen LogP contribution in [0.25, 0.3) is 0 Å². The predicted octanol–water partition coefficient (Wildman–Crippen LogP) is 4.02. The first kappa shape index (κ1) is 19.0. The summed E-state index contributed by atoms with van der Waals surface area (Å²) in [6.45, 7) is 3.77. The molecule has 0 unspecified atom stereocenters. The van der Waals surface area contributed by atoms with Gasteiger partial charge in [-0.2, -0.15) is 0 Å². The fourth-order valence-corrected chi connectivity index (χ4v) is 2.48. The van der Waals surface area contributed by atoms with Crippen LogP contribution in [0.2, 0.25) is 0 Å². The van der Waals surface area contributed by atoms with E-state index in [2.05, 4.69) is 21.2 Å². The Balaban J connectivity index is 1.70. The number of hydrogen-bond donors (Lipinski definition) is 1. The third-order valence-electron chi connectivity index (χ3n) is 3.61. The first-order valence-electron chi connectivity index (χ1n) is 7.86. The second-order valence-corrected chi connectivity index (χ2v) is 6.43. The van der Waals surface area contributed by atoms with Gasteiger partial charge in [0.25, 0.3) is 5.91 Å². The van der Waals surface area contributed by atoms with Crippen molar-refractivity contribution in [2.45, 2.75) is 20.3 Å². The molecule has 0 heterocycles. The van der Waals surface area contributed by atoms with Gasteiger partial charge in [-0.3, -0.25) is 9.59 Å². The van der Waals surface area contributed by atoms with E-state index in [4.69, 9.17) is 9.47 Å². The van der Waals surface area contributed by atoms with Gasteiger partial charge in [-0.15, -0.1) is 0 Å². The maximum absolute atomic E-state index is 11.9. The van der Waals surface area contributed by atoms with Crippen molar-refractivity contribution in [3.05, 3.63) is 58.1 Å². The predicted molar refractivity (Wildman–Crippen MR) is 99.8 cm³/mol. The van der Waals surface area contributed by atoms with Crippen LogP contribution in [0, 0.1) is 13.8 Å². The minimum absolute atomic E-state index is 0.0727. The van der Waals surface area contributed by atoms with E-state index in [9.17, 15) is 9.59 Å². The van der Waals surface area contributed by atoms with Gasteiger partial charge in [-0.25, -0.2) is 0 Å². The molecule has 6 heteroatoms. The number of benzene rings is 2. The summed E-state index contributed by atoms with van der Waals surface area (Å²) in [5.74, 6) is -0.184. The molecule has 2 aromatic carbocycles. The molecule has 1 amide bonds. The lowest BCUT2D eigenvalue weighted by Crippen LogP contribution is -2.22. The Kier molecular flexibility index (Phi) is 7.01. The largest absolute Gasteiger partial charge is 0.493 e. The van der Waals surface area contributed by atoms with Gasteiger partial charge < -0.3 is 14.8 Å². The molecule has 1 N–H and O–H groups in total. The maximum atomic E-state index is 11.9. The Hall–Kier alpha value is -2.34. The van der Waals surface area contributed by atoms with Gasteiger partial charge in [0.2, 0.25) is 0 Å². The number of anilines is 1. The molecule has 5 nitrogen and oxygen atoms in total. The highest BCUT2D eigenvalue weighted by molar-refractivity contribution is 9.10. The first-order chi connectivity index (χ1) is 12.0. The number of esters is 1. The van der Waals surface area contributed by atoms with E-state index in [1.54, 1.807) is 6.07 Å². The van der Waals surface area contributed by atoms with Crippen molar-refractivity contribution in [2.24, 2.45) is 0 Å². The van der Waals surface area contributed by atoms with Crippen molar-refractivity contribution in [3.63, 3.8) is 0 Å². The molecule has 0 aliphatic rings. The zero-order chi connectivity index (χ0) is 18.2. The number of rotatable bonds is 7. The van der Waals surface area contributed by atoms with E-state index in [-0.39, 0.29) is 25.5 Å². The van der Waals surface area contributed by atoms with E-state index in [0.29, 0.717) is 5.75 Å². The summed E-state index contributed by atoms with van der Waals surface area (Å²) in [5.41, 5.74) is 2.79. The molecule has 132 valence electrons. The van der Waals surface area contributed by atoms with Crippen LogP contribution in [-0.2, 0) is 14.3 Å². The van der Waals surface area contributed by atoms with Crippen molar-refractivity contribution < 1.29 is 19.1 Å². The van der Waals surface area contributed by atoms with Crippen LogP contribution in [-0.4, -0.2) is 25.1 Å². The monoisotopic (exact) mass is 405 g/mol. The van der Waals surface area contributed by atoms with Crippen LogP contribution in [0.15, 0.2) is 46.9 Å². The van der Waals surface area contributed by atoms with Crippen molar-refractivity contribution >= 4 is 33.5 Å². The number of nitrogens with one attached hydrogen (secondary N) is 1. The van der Waals surface area contributed by atoms with Gasteiger partial charge in [-0.1, -0.05) is 34.1 Å². The van der Waals surface area contributed by atoms with Crippen LogP contribution >= 0.6 is 15.9 Å². The lowest BCUT2D eigenvalue weighted by atomic mass is 10.1. The van der Waals surface area contributed by atoms with Gasteiger partial charge in [0.1, 0.15) is 5.75 Å². The molecule has 2 rings (SSSR count). The van der Waals surface area contributed by atoms with Crippen LogP contribution in [0.5, 0.6) is 5.75 Å². The summed E-state index contributed by atoms with van der Waals surface area (Å²) < 4.78 is 11.3. The van der Waals surface area contributed by atoms with Crippen molar-refractivity contribution in [3.8, 4) is 5.75 Å². The third-order valence-corrected chi connectivity index (χ3v) is 4.11. The highest BCUT2D eigenvalue weighted by Crippen LogP contribution is 2.18. The van der Waals surface area contributed by atoms with E-state index >= 15 is 0 Å². The van der Waals surface area contributed by atoms with Crippen LogP contribution < -0.4 is 10.1 Å². The molecule has 0 bridgehead atoms. The molecular formula is C19H20BrNO4. The smallest absolute Gasteiger partial charge is 0.309 e. The Bertz CT molecular complexity index is 761. The van der Waals surface area contributed by atoms with Crippen LogP contribution in [0.4, 0.5) is 5.69 Å². The summed E-state index contributed by atoms with van der Waals surface area (Å²) in [5, 5.41) is 2.74. The molecule has 0 radical (unpaired) electrons. The zero-order valence-electron chi connectivity index (χ0n) is 14.2. The summed E-state index contributed by atoms with van der Waals surface area (Å²) in [7, 11) is 0.